The van der Waals surface area contributed by atoms with E-state index in [1.165, 1.54) is 12.8 Å². The number of hydrogen-bond acceptors (Lipinski definition) is 2. The smallest absolute Gasteiger partial charge is 0.131 e. The van der Waals surface area contributed by atoms with Gasteiger partial charge in [-0.3, -0.25) is 0 Å². The lowest BCUT2D eigenvalue weighted by Crippen LogP contribution is -2.34. The molecule has 2 heteroatoms. The van der Waals surface area contributed by atoms with Crippen molar-refractivity contribution >= 4 is 5.69 Å². The van der Waals surface area contributed by atoms with Crippen LogP contribution in [-0.4, -0.2) is 5.60 Å². The second-order valence-corrected chi connectivity index (χ2v) is 4.83. The lowest BCUT2D eigenvalue weighted by molar-refractivity contribution is 0.109. The van der Waals surface area contributed by atoms with Gasteiger partial charge in [-0.05, 0) is 43.2 Å². The van der Waals surface area contributed by atoms with Crippen molar-refractivity contribution < 1.29 is 4.74 Å². The Morgan fingerprint density at radius 2 is 2.00 bits per heavy atom. The number of hydrogen-bond donors (Lipinski definition) is 1. The minimum Gasteiger partial charge on any atom is -0.483 e. The number of benzene rings is 1. The minimum absolute atomic E-state index is 0.180. The standard InChI is InChI=1S/C16H21NO/c1-2-3-11-16(12-5-4-6-13-16)18-15-9-7-14(17)8-10-15/h4-10,12H,2-3,11,13,17H2,1H3. The highest BCUT2D eigenvalue weighted by Gasteiger charge is 2.28. The number of anilines is 1. The van der Waals surface area contributed by atoms with E-state index in [2.05, 4.69) is 31.2 Å². The molecule has 0 radical (unpaired) electrons. The maximum Gasteiger partial charge on any atom is 0.131 e. The van der Waals surface area contributed by atoms with Crippen molar-refractivity contribution in [3.63, 3.8) is 0 Å². The molecule has 2 rings (SSSR count). The number of unbranched alkanes of at least 4 members (excludes halogenated alkanes) is 1. The molecule has 0 bridgehead atoms. The summed E-state index contributed by atoms with van der Waals surface area (Å²) in [6.07, 6.45) is 12.9. The van der Waals surface area contributed by atoms with E-state index in [9.17, 15) is 0 Å². The zero-order valence-electron chi connectivity index (χ0n) is 10.9. The first-order valence-corrected chi connectivity index (χ1v) is 6.63. The van der Waals surface area contributed by atoms with Crippen LogP contribution in [0.4, 0.5) is 5.69 Å². The van der Waals surface area contributed by atoms with E-state index in [0.29, 0.717) is 0 Å². The summed E-state index contributed by atoms with van der Waals surface area (Å²) in [6, 6.07) is 7.64. The molecule has 2 N–H and O–H groups in total. The van der Waals surface area contributed by atoms with Crippen LogP contribution < -0.4 is 10.5 Å². The van der Waals surface area contributed by atoms with Crippen molar-refractivity contribution in [2.24, 2.45) is 0 Å². The highest BCUT2D eigenvalue weighted by molar-refractivity contribution is 5.42. The summed E-state index contributed by atoms with van der Waals surface area (Å²) in [5.74, 6) is 0.889. The van der Waals surface area contributed by atoms with E-state index >= 15 is 0 Å². The van der Waals surface area contributed by atoms with Crippen LogP contribution in [0.3, 0.4) is 0 Å². The SMILES string of the molecule is CCCCC1(Oc2ccc(N)cc2)C=CC=CC1. The third kappa shape index (κ3) is 3.16. The van der Waals surface area contributed by atoms with Crippen molar-refractivity contribution in [2.75, 3.05) is 5.73 Å². The first-order valence-electron chi connectivity index (χ1n) is 6.63. The van der Waals surface area contributed by atoms with Crippen molar-refractivity contribution in [1.82, 2.24) is 0 Å². The van der Waals surface area contributed by atoms with Crippen LogP contribution in [0.15, 0.2) is 48.6 Å². The third-order valence-corrected chi connectivity index (χ3v) is 3.27. The van der Waals surface area contributed by atoms with Gasteiger partial charge in [0.1, 0.15) is 11.4 Å². The van der Waals surface area contributed by atoms with Gasteiger partial charge in [0, 0.05) is 12.1 Å². The third-order valence-electron chi connectivity index (χ3n) is 3.27. The molecule has 0 aromatic heterocycles. The Morgan fingerprint density at radius 3 is 2.61 bits per heavy atom. The number of nitrogens with two attached hydrogens (primary N) is 1. The van der Waals surface area contributed by atoms with Gasteiger partial charge in [0.05, 0.1) is 0 Å². The maximum atomic E-state index is 6.21. The monoisotopic (exact) mass is 243 g/mol. The largest absolute Gasteiger partial charge is 0.483 e. The molecule has 0 fully saturated rings. The Kier molecular flexibility index (Phi) is 4.08. The predicted octanol–water partition coefficient (Wildman–Crippen LogP) is 4.09. The molecule has 1 aromatic carbocycles. The molecule has 1 unspecified atom stereocenters. The zero-order chi connectivity index (χ0) is 12.8. The number of allylic oxidation sites excluding steroid dienone is 2. The van der Waals surface area contributed by atoms with Crippen LogP contribution in [0, 0.1) is 0 Å². The first-order chi connectivity index (χ1) is 8.74. The Balaban J connectivity index is 2.12. The van der Waals surface area contributed by atoms with E-state index in [1.54, 1.807) is 0 Å². The van der Waals surface area contributed by atoms with Gasteiger partial charge in [-0.1, -0.05) is 31.6 Å². The highest BCUT2D eigenvalue weighted by atomic mass is 16.5. The Morgan fingerprint density at radius 1 is 1.22 bits per heavy atom. The van der Waals surface area contributed by atoms with Crippen LogP contribution in [0.5, 0.6) is 5.75 Å². The number of ether oxygens (including phenoxy) is 1. The van der Waals surface area contributed by atoms with Crippen LogP contribution in [0.25, 0.3) is 0 Å². The van der Waals surface area contributed by atoms with Crippen molar-refractivity contribution in [3.8, 4) is 5.75 Å². The fourth-order valence-electron chi connectivity index (χ4n) is 2.20. The van der Waals surface area contributed by atoms with Gasteiger partial charge in [0.2, 0.25) is 0 Å². The van der Waals surface area contributed by atoms with E-state index < -0.39 is 0 Å². The fraction of sp³-hybridized carbons (Fsp3) is 0.375. The van der Waals surface area contributed by atoms with Crippen molar-refractivity contribution in [2.45, 2.75) is 38.2 Å². The van der Waals surface area contributed by atoms with Gasteiger partial charge in [-0.2, -0.15) is 0 Å². The molecule has 96 valence electrons. The van der Waals surface area contributed by atoms with Gasteiger partial charge < -0.3 is 10.5 Å². The van der Waals surface area contributed by atoms with E-state index in [4.69, 9.17) is 10.5 Å². The molecular formula is C16H21NO. The van der Waals surface area contributed by atoms with Gasteiger partial charge in [0.15, 0.2) is 0 Å². The van der Waals surface area contributed by atoms with Crippen LogP contribution in [0.2, 0.25) is 0 Å². The highest BCUT2D eigenvalue weighted by Crippen LogP contribution is 2.30. The molecule has 1 aliphatic rings. The van der Waals surface area contributed by atoms with Crippen LogP contribution in [0.1, 0.15) is 32.6 Å². The summed E-state index contributed by atoms with van der Waals surface area (Å²) >= 11 is 0. The molecule has 1 aromatic rings. The summed E-state index contributed by atoms with van der Waals surface area (Å²) in [5, 5.41) is 0. The van der Waals surface area contributed by atoms with Crippen molar-refractivity contribution in [3.05, 3.63) is 48.6 Å². The Labute approximate surface area is 109 Å². The second-order valence-electron chi connectivity index (χ2n) is 4.83. The van der Waals surface area contributed by atoms with Gasteiger partial charge in [-0.15, -0.1) is 0 Å². The number of nitrogen functional groups attached to an aromatic ring is 1. The lowest BCUT2D eigenvalue weighted by atomic mass is 9.89. The average molecular weight is 243 g/mol. The molecule has 0 heterocycles. The summed E-state index contributed by atoms with van der Waals surface area (Å²) in [7, 11) is 0. The number of rotatable bonds is 5. The summed E-state index contributed by atoms with van der Waals surface area (Å²) in [4.78, 5) is 0. The van der Waals surface area contributed by atoms with Crippen molar-refractivity contribution in [1.29, 1.82) is 0 Å². The molecule has 0 saturated carbocycles. The van der Waals surface area contributed by atoms with E-state index in [-0.39, 0.29) is 5.60 Å². The Hall–Kier alpha value is -1.70. The summed E-state index contributed by atoms with van der Waals surface area (Å²) in [6.45, 7) is 2.21. The molecule has 0 amide bonds. The molecule has 0 spiro atoms. The molecule has 0 aliphatic heterocycles. The predicted molar refractivity (Wildman–Crippen MR) is 76.6 cm³/mol. The lowest BCUT2D eigenvalue weighted by Gasteiger charge is -2.32. The van der Waals surface area contributed by atoms with E-state index in [0.717, 1.165) is 24.3 Å². The molecular weight excluding hydrogens is 222 g/mol. The quantitative estimate of drug-likeness (QED) is 0.790. The van der Waals surface area contributed by atoms with Crippen LogP contribution in [-0.2, 0) is 0 Å². The normalized spacial score (nSPS) is 22.1. The van der Waals surface area contributed by atoms with Gasteiger partial charge >= 0.3 is 0 Å². The van der Waals surface area contributed by atoms with E-state index in [1.807, 2.05) is 24.3 Å². The van der Waals surface area contributed by atoms with Crippen LogP contribution >= 0.6 is 0 Å². The second kappa shape index (κ2) is 5.76. The zero-order valence-corrected chi connectivity index (χ0v) is 10.9. The minimum atomic E-state index is -0.180. The topological polar surface area (TPSA) is 35.2 Å². The maximum absolute atomic E-state index is 6.21. The first kappa shape index (κ1) is 12.7. The molecule has 18 heavy (non-hydrogen) atoms. The molecule has 0 saturated heterocycles. The molecule has 2 nitrogen and oxygen atoms in total. The molecule has 1 aliphatic carbocycles. The summed E-state index contributed by atoms with van der Waals surface area (Å²) in [5.41, 5.74) is 6.28. The van der Waals surface area contributed by atoms with Gasteiger partial charge in [0.25, 0.3) is 0 Å². The average Bonchev–Trinajstić information content (AvgIpc) is 2.40. The summed E-state index contributed by atoms with van der Waals surface area (Å²) < 4.78 is 6.21. The fourth-order valence-corrected chi connectivity index (χ4v) is 2.20. The Bertz CT molecular complexity index is 433. The molecule has 1 atom stereocenters. The van der Waals surface area contributed by atoms with Gasteiger partial charge in [-0.25, -0.2) is 0 Å².